The Morgan fingerprint density at radius 2 is 1.92 bits per heavy atom. The second-order valence-corrected chi connectivity index (χ2v) is 5.40. The molecule has 0 aliphatic rings. The molecule has 2 aromatic carbocycles. The van der Waals surface area contributed by atoms with E-state index in [0.29, 0.717) is 12.5 Å². The van der Waals surface area contributed by atoms with E-state index in [2.05, 4.69) is 15.0 Å². The number of nitrogens with one attached hydrogen (secondary N) is 1. The van der Waals surface area contributed by atoms with Crippen molar-refractivity contribution in [1.29, 1.82) is 0 Å². The maximum absolute atomic E-state index is 12.6. The van der Waals surface area contributed by atoms with Crippen molar-refractivity contribution in [2.24, 2.45) is 0 Å². The highest BCUT2D eigenvalue weighted by Gasteiger charge is 2.18. The smallest absolute Gasteiger partial charge is 0.387 e. The number of benzene rings is 2. The van der Waals surface area contributed by atoms with Crippen LogP contribution in [0.5, 0.6) is 5.75 Å². The van der Waals surface area contributed by atoms with E-state index in [1.165, 1.54) is 18.2 Å². The van der Waals surface area contributed by atoms with E-state index in [0.717, 1.165) is 17.5 Å². The standard InChI is InChI=1S/C18H17F2N3O2/c1-2-11-23-14-9-5-4-8-13(14)21-18(23)22-16(24)12-7-3-6-10-15(12)25-17(19)20/h3-10,17H,2,11H2,1H3,(H,21,22,24). The minimum absolute atomic E-state index is 0.0258. The Balaban J connectivity index is 1.94. The number of carbonyl (C=O) groups is 1. The number of ether oxygens (including phenoxy) is 1. The first-order chi connectivity index (χ1) is 12.1. The Labute approximate surface area is 143 Å². The number of nitrogens with zero attached hydrogens (tertiary/aromatic N) is 2. The number of aryl methyl sites for hydroxylation is 1. The van der Waals surface area contributed by atoms with Crippen LogP contribution in [0.15, 0.2) is 48.5 Å². The molecule has 1 N–H and O–H groups in total. The van der Waals surface area contributed by atoms with E-state index in [9.17, 15) is 13.6 Å². The highest BCUT2D eigenvalue weighted by molar-refractivity contribution is 6.06. The van der Waals surface area contributed by atoms with Crippen LogP contribution in [0.2, 0.25) is 0 Å². The molecule has 7 heteroatoms. The number of para-hydroxylation sites is 3. The minimum Gasteiger partial charge on any atom is -0.434 e. The molecule has 0 saturated heterocycles. The van der Waals surface area contributed by atoms with Gasteiger partial charge in [-0.3, -0.25) is 10.1 Å². The summed E-state index contributed by atoms with van der Waals surface area (Å²) in [6.45, 7) is -0.309. The van der Waals surface area contributed by atoms with Crippen molar-refractivity contribution >= 4 is 22.9 Å². The SMILES string of the molecule is CCCn1c(NC(=O)c2ccccc2OC(F)F)nc2ccccc21. The average Bonchev–Trinajstić information content (AvgIpc) is 2.93. The van der Waals surface area contributed by atoms with Crippen molar-refractivity contribution in [2.45, 2.75) is 26.5 Å². The van der Waals surface area contributed by atoms with E-state index in [1.54, 1.807) is 6.07 Å². The molecule has 0 bridgehead atoms. The monoisotopic (exact) mass is 345 g/mol. The van der Waals surface area contributed by atoms with Crippen LogP contribution in [-0.4, -0.2) is 22.1 Å². The third-order valence-corrected chi connectivity index (χ3v) is 3.67. The van der Waals surface area contributed by atoms with Crippen LogP contribution in [0.4, 0.5) is 14.7 Å². The lowest BCUT2D eigenvalue weighted by Crippen LogP contribution is -2.18. The zero-order chi connectivity index (χ0) is 17.8. The Morgan fingerprint density at radius 3 is 2.68 bits per heavy atom. The Morgan fingerprint density at radius 1 is 1.20 bits per heavy atom. The fourth-order valence-electron chi connectivity index (χ4n) is 2.64. The number of anilines is 1. The third kappa shape index (κ3) is 3.60. The Bertz CT molecular complexity index is 893. The highest BCUT2D eigenvalue weighted by atomic mass is 19.3. The van der Waals surface area contributed by atoms with E-state index >= 15 is 0 Å². The summed E-state index contributed by atoms with van der Waals surface area (Å²) in [6, 6.07) is 13.4. The average molecular weight is 345 g/mol. The molecule has 0 saturated carbocycles. The molecule has 0 aliphatic carbocycles. The molecule has 3 aromatic rings. The van der Waals surface area contributed by atoms with Crippen LogP contribution in [0.1, 0.15) is 23.7 Å². The molecule has 0 fully saturated rings. The molecule has 5 nitrogen and oxygen atoms in total. The van der Waals surface area contributed by atoms with Crippen molar-refractivity contribution in [1.82, 2.24) is 9.55 Å². The van der Waals surface area contributed by atoms with Crippen LogP contribution in [0.25, 0.3) is 11.0 Å². The summed E-state index contributed by atoms with van der Waals surface area (Å²) >= 11 is 0. The van der Waals surface area contributed by atoms with Gasteiger partial charge in [0.05, 0.1) is 16.6 Å². The number of halogens is 2. The lowest BCUT2D eigenvalue weighted by Gasteiger charge is -2.12. The molecule has 1 heterocycles. The number of aromatic nitrogens is 2. The number of imidazole rings is 1. The van der Waals surface area contributed by atoms with E-state index in [-0.39, 0.29) is 11.3 Å². The van der Waals surface area contributed by atoms with Gasteiger partial charge in [-0.15, -0.1) is 0 Å². The number of hydrogen-bond acceptors (Lipinski definition) is 3. The summed E-state index contributed by atoms with van der Waals surface area (Å²) in [5.41, 5.74) is 1.68. The maximum Gasteiger partial charge on any atom is 0.387 e. The lowest BCUT2D eigenvalue weighted by molar-refractivity contribution is -0.0501. The zero-order valence-corrected chi connectivity index (χ0v) is 13.6. The molecule has 3 rings (SSSR count). The van der Waals surface area contributed by atoms with Crippen LogP contribution < -0.4 is 10.1 Å². The first-order valence-electron chi connectivity index (χ1n) is 7.90. The molecule has 0 aliphatic heterocycles. The topological polar surface area (TPSA) is 56.2 Å². The van der Waals surface area contributed by atoms with Gasteiger partial charge in [0.2, 0.25) is 5.95 Å². The predicted octanol–water partition coefficient (Wildman–Crippen LogP) is 4.30. The van der Waals surface area contributed by atoms with Gasteiger partial charge in [-0.05, 0) is 30.7 Å². The first kappa shape index (κ1) is 16.9. The summed E-state index contributed by atoms with van der Waals surface area (Å²) in [4.78, 5) is 17.0. The quantitative estimate of drug-likeness (QED) is 0.725. The molecule has 25 heavy (non-hydrogen) atoms. The molecule has 0 radical (unpaired) electrons. The summed E-state index contributed by atoms with van der Waals surface area (Å²) in [5.74, 6) is -0.350. The van der Waals surface area contributed by atoms with Gasteiger partial charge in [0, 0.05) is 6.54 Å². The highest BCUT2D eigenvalue weighted by Crippen LogP contribution is 2.24. The molecule has 1 amide bonds. The number of hydrogen-bond donors (Lipinski definition) is 1. The molecule has 1 aromatic heterocycles. The van der Waals surface area contributed by atoms with E-state index < -0.39 is 12.5 Å². The fourth-order valence-corrected chi connectivity index (χ4v) is 2.64. The third-order valence-electron chi connectivity index (χ3n) is 3.67. The largest absolute Gasteiger partial charge is 0.434 e. The number of carbonyl (C=O) groups excluding carboxylic acids is 1. The predicted molar refractivity (Wildman–Crippen MR) is 91.1 cm³/mol. The molecule has 0 spiro atoms. The summed E-state index contributed by atoms with van der Waals surface area (Å²) in [5, 5.41) is 2.70. The number of rotatable bonds is 6. The second kappa shape index (κ2) is 7.29. The molecule has 130 valence electrons. The molecule has 0 atom stereocenters. The van der Waals surface area contributed by atoms with E-state index in [4.69, 9.17) is 0 Å². The normalized spacial score (nSPS) is 11.0. The Kier molecular flexibility index (Phi) is 4.92. The first-order valence-corrected chi connectivity index (χ1v) is 7.90. The van der Waals surface area contributed by atoms with Gasteiger partial charge in [0.15, 0.2) is 0 Å². The van der Waals surface area contributed by atoms with Crippen LogP contribution in [0, 0.1) is 0 Å². The van der Waals surface area contributed by atoms with E-state index in [1.807, 2.05) is 35.8 Å². The zero-order valence-electron chi connectivity index (χ0n) is 13.6. The van der Waals surface area contributed by atoms with Crippen molar-refractivity contribution < 1.29 is 18.3 Å². The Hall–Kier alpha value is -2.96. The van der Waals surface area contributed by atoms with Crippen molar-refractivity contribution in [3.05, 3.63) is 54.1 Å². The van der Waals surface area contributed by atoms with Gasteiger partial charge in [0.25, 0.3) is 5.91 Å². The van der Waals surface area contributed by atoms with Gasteiger partial charge in [-0.1, -0.05) is 31.2 Å². The van der Waals surface area contributed by atoms with Crippen molar-refractivity contribution in [3.63, 3.8) is 0 Å². The number of fused-ring (bicyclic) bond motifs is 1. The van der Waals surface area contributed by atoms with Crippen LogP contribution in [0.3, 0.4) is 0 Å². The fraction of sp³-hybridized carbons (Fsp3) is 0.222. The number of alkyl halides is 2. The van der Waals surface area contributed by atoms with Gasteiger partial charge in [0.1, 0.15) is 5.75 Å². The summed E-state index contributed by atoms with van der Waals surface area (Å²) in [7, 11) is 0. The summed E-state index contributed by atoms with van der Waals surface area (Å²) < 4.78 is 31.4. The molecule has 0 unspecified atom stereocenters. The van der Waals surface area contributed by atoms with Crippen LogP contribution in [-0.2, 0) is 6.54 Å². The van der Waals surface area contributed by atoms with Crippen molar-refractivity contribution in [2.75, 3.05) is 5.32 Å². The maximum atomic E-state index is 12.6. The van der Waals surface area contributed by atoms with Crippen LogP contribution >= 0.6 is 0 Å². The summed E-state index contributed by atoms with van der Waals surface area (Å²) in [6.07, 6.45) is 0.855. The molecular formula is C18H17F2N3O2. The van der Waals surface area contributed by atoms with Gasteiger partial charge < -0.3 is 9.30 Å². The lowest BCUT2D eigenvalue weighted by atomic mass is 10.2. The molecular weight excluding hydrogens is 328 g/mol. The van der Waals surface area contributed by atoms with Gasteiger partial charge in [-0.2, -0.15) is 8.78 Å². The minimum atomic E-state index is -3.00. The number of amides is 1. The van der Waals surface area contributed by atoms with Crippen molar-refractivity contribution in [3.8, 4) is 5.75 Å². The van der Waals surface area contributed by atoms with Gasteiger partial charge in [-0.25, -0.2) is 4.98 Å². The van der Waals surface area contributed by atoms with Gasteiger partial charge >= 0.3 is 6.61 Å². The second-order valence-electron chi connectivity index (χ2n) is 5.40.